The highest BCUT2D eigenvalue weighted by molar-refractivity contribution is 8.14. The second-order valence-electron chi connectivity index (χ2n) is 3.56. The van der Waals surface area contributed by atoms with E-state index in [0.29, 0.717) is 10.6 Å². The molecule has 5 nitrogen and oxygen atoms in total. The van der Waals surface area contributed by atoms with E-state index in [0.717, 1.165) is 0 Å². The second-order valence-corrected chi connectivity index (χ2v) is 7.36. The first kappa shape index (κ1) is 12.4. The summed E-state index contributed by atoms with van der Waals surface area (Å²) in [5, 5.41) is 10.1. The molecule has 0 aliphatic carbocycles. The highest BCUT2D eigenvalue weighted by Gasteiger charge is 2.39. The Morgan fingerprint density at radius 2 is 2.29 bits per heavy atom. The molecule has 1 amide bonds. The molecule has 0 saturated carbocycles. The van der Waals surface area contributed by atoms with Gasteiger partial charge >= 0.3 is 0 Å². The summed E-state index contributed by atoms with van der Waals surface area (Å²) >= 11 is 1.23. The van der Waals surface area contributed by atoms with Crippen LogP contribution in [0.2, 0.25) is 0 Å². The highest BCUT2D eigenvalue weighted by atomic mass is 35.7. The molecule has 17 heavy (non-hydrogen) atoms. The quantitative estimate of drug-likeness (QED) is 0.769. The van der Waals surface area contributed by atoms with Crippen molar-refractivity contribution in [3.8, 4) is 6.07 Å². The van der Waals surface area contributed by atoms with Gasteiger partial charge in [0.2, 0.25) is 15.0 Å². The fraction of sp³-hybridized carbons (Fsp3) is 0.333. The predicted molar refractivity (Wildman–Crippen MR) is 64.6 cm³/mol. The van der Waals surface area contributed by atoms with E-state index in [1.165, 1.54) is 16.2 Å². The van der Waals surface area contributed by atoms with Gasteiger partial charge in [0.15, 0.2) is 0 Å². The molecule has 0 N–H and O–H groups in total. The lowest BCUT2D eigenvalue weighted by molar-refractivity contribution is -0.117. The molecule has 0 spiro atoms. The van der Waals surface area contributed by atoms with Crippen LogP contribution in [0.15, 0.2) is 11.4 Å². The summed E-state index contributed by atoms with van der Waals surface area (Å²) in [5.41, 5.74) is 0.371. The van der Waals surface area contributed by atoms with Crippen molar-refractivity contribution in [2.45, 2.75) is 11.7 Å². The molecule has 90 valence electrons. The Hall–Kier alpha value is -1.10. The highest BCUT2D eigenvalue weighted by Crippen LogP contribution is 2.32. The van der Waals surface area contributed by atoms with E-state index < -0.39 is 14.3 Å². The van der Waals surface area contributed by atoms with Crippen molar-refractivity contribution >= 4 is 42.0 Å². The maximum atomic E-state index is 11.7. The minimum Gasteiger partial charge on any atom is -0.301 e. The minimum absolute atomic E-state index is 0.0137. The predicted octanol–water partition coefficient (Wildman–Crippen LogP) is 1.29. The topological polar surface area (TPSA) is 78.2 Å². The molecule has 8 heteroatoms. The standard InChI is InChI=1S/C9H7ClN2O3S2/c10-17(14,15)7-3-8(13)12(5-7)9-6(4-11)1-2-16-9/h1-2,7H,3,5H2. The van der Waals surface area contributed by atoms with Gasteiger partial charge in [-0.25, -0.2) is 8.42 Å². The molecule has 1 aliphatic rings. The van der Waals surface area contributed by atoms with Gasteiger partial charge in [0.1, 0.15) is 16.3 Å². The van der Waals surface area contributed by atoms with Crippen molar-refractivity contribution in [3.63, 3.8) is 0 Å². The summed E-state index contributed by atoms with van der Waals surface area (Å²) in [5.74, 6) is -0.321. The number of carbonyl (C=O) groups excluding carboxylic acids is 1. The summed E-state index contributed by atoms with van der Waals surface area (Å²) < 4.78 is 22.3. The van der Waals surface area contributed by atoms with Gasteiger partial charge in [0, 0.05) is 23.6 Å². The molecular weight excluding hydrogens is 284 g/mol. The number of carbonyl (C=O) groups is 1. The first-order chi connectivity index (χ1) is 7.93. The van der Waals surface area contributed by atoms with Gasteiger partial charge in [-0.1, -0.05) is 0 Å². The second kappa shape index (κ2) is 4.29. The lowest BCUT2D eigenvalue weighted by Crippen LogP contribution is -2.26. The van der Waals surface area contributed by atoms with Crippen molar-refractivity contribution in [1.29, 1.82) is 5.26 Å². The molecule has 2 rings (SSSR count). The van der Waals surface area contributed by atoms with E-state index in [4.69, 9.17) is 15.9 Å². The van der Waals surface area contributed by atoms with Crippen LogP contribution in [-0.2, 0) is 13.8 Å². The zero-order chi connectivity index (χ0) is 12.6. The summed E-state index contributed by atoms with van der Waals surface area (Å²) in [6.07, 6.45) is -0.130. The molecule has 1 aromatic rings. The largest absolute Gasteiger partial charge is 0.301 e. The van der Waals surface area contributed by atoms with Crippen molar-refractivity contribution in [3.05, 3.63) is 17.0 Å². The summed E-state index contributed by atoms with van der Waals surface area (Å²) in [6.45, 7) is 0.0137. The first-order valence-electron chi connectivity index (χ1n) is 4.65. The third kappa shape index (κ3) is 2.29. The molecule has 1 fully saturated rings. The number of hydrogen-bond acceptors (Lipinski definition) is 5. The number of halogens is 1. The lowest BCUT2D eigenvalue weighted by atomic mass is 10.3. The zero-order valence-corrected chi connectivity index (χ0v) is 10.8. The normalized spacial score (nSPS) is 20.6. The van der Waals surface area contributed by atoms with Gasteiger partial charge in [-0.15, -0.1) is 11.3 Å². The van der Waals surface area contributed by atoms with E-state index in [1.807, 2.05) is 6.07 Å². The third-order valence-corrected chi connectivity index (χ3v) is 5.30. The molecule has 1 aromatic heterocycles. The molecule has 0 radical (unpaired) electrons. The maximum Gasteiger partial charge on any atom is 0.237 e. The van der Waals surface area contributed by atoms with E-state index in [-0.39, 0.29) is 18.9 Å². The number of hydrogen-bond donors (Lipinski definition) is 0. The first-order valence-corrected chi connectivity index (χ1v) is 7.90. The molecule has 0 aromatic carbocycles. The molecule has 1 atom stereocenters. The van der Waals surface area contributed by atoms with E-state index in [2.05, 4.69) is 0 Å². The van der Waals surface area contributed by atoms with Crippen molar-refractivity contribution in [1.82, 2.24) is 0 Å². The van der Waals surface area contributed by atoms with Crippen LogP contribution in [0, 0.1) is 11.3 Å². The zero-order valence-electron chi connectivity index (χ0n) is 8.46. The molecular formula is C9H7ClN2O3S2. The van der Waals surface area contributed by atoms with E-state index >= 15 is 0 Å². The van der Waals surface area contributed by atoms with Crippen molar-refractivity contribution in [2.75, 3.05) is 11.4 Å². The molecule has 1 saturated heterocycles. The summed E-state index contributed by atoms with van der Waals surface area (Å²) in [4.78, 5) is 13.0. The monoisotopic (exact) mass is 290 g/mol. The molecule has 1 unspecified atom stereocenters. The number of nitrogens with zero attached hydrogens (tertiary/aromatic N) is 2. The average Bonchev–Trinajstić information content (AvgIpc) is 2.81. The molecule has 2 heterocycles. The van der Waals surface area contributed by atoms with Crippen LogP contribution in [-0.4, -0.2) is 26.1 Å². The number of thiophene rings is 1. The van der Waals surface area contributed by atoms with E-state index in [9.17, 15) is 13.2 Å². The smallest absolute Gasteiger partial charge is 0.237 e. The Kier molecular flexibility index (Phi) is 3.12. The van der Waals surface area contributed by atoms with Crippen LogP contribution in [0.25, 0.3) is 0 Å². The van der Waals surface area contributed by atoms with E-state index in [1.54, 1.807) is 11.4 Å². The van der Waals surface area contributed by atoms with Gasteiger partial charge in [0.05, 0.1) is 5.56 Å². The Morgan fingerprint density at radius 1 is 1.59 bits per heavy atom. The van der Waals surface area contributed by atoms with Gasteiger partial charge in [-0.3, -0.25) is 4.79 Å². The Morgan fingerprint density at radius 3 is 2.82 bits per heavy atom. The number of nitriles is 1. The van der Waals surface area contributed by atoms with Crippen molar-refractivity contribution < 1.29 is 13.2 Å². The fourth-order valence-electron chi connectivity index (χ4n) is 1.66. The Labute approximate surface area is 107 Å². The number of anilines is 1. The van der Waals surface area contributed by atoms with Crippen molar-refractivity contribution in [2.24, 2.45) is 0 Å². The van der Waals surface area contributed by atoms with Gasteiger partial charge < -0.3 is 4.90 Å². The van der Waals surface area contributed by atoms with Crippen LogP contribution < -0.4 is 4.90 Å². The third-order valence-electron chi connectivity index (χ3n) is 2.50. The van der Waals surface area contributed by atoms with Crippen LogP contribution in [0.3, 0.4) is 0 Å². The molecule has 1 aliphatic heterocycles. The van der Waals surface area contributed by atoms with Gasteiger partial charge in [-0.2, -0.15) is 5.26 Å². The Bertz CT molecular complexity index is 602. The van der Waals surface area contributed by atoms with Gasteiger partial charge in [0.25, 0.3) is 0 Å². The van der Waals surface area contributed by atoms with Gasteiger partial charge in [-0.05, 0) is 11.4 Å². The number of rotatable bonds is 2. The summed E-state index contributed by atoms with van der Waals surface area (Å²) in [7, 11) is 1.49. The van der Waals surface area contributed by atoms with Crippen LogP contribution in [0.1, 0.15) is 12.0 Å². The number of amides is 1. The average molecular weight is 291 g/mol. The SMILES string of the molecule is N#Cc1ccsc1N1CC(S(=O)(=O)Cl)CC1=O. The Balaban J connectivity index is 2.32. The van der Waals surface area contributed by atoms with Crippen LogP contribution >= 0.6 is 22.0 Å². The maximum absolute atomic E-state index is 11.7. The van der Waals surface area contributed by atoms with Crippen LogP contribution in [0.4, 0.5) is 5.00 Å². The summed E-state index contributed by atoms with van der Waals surface area (Å²) in [6, 6.07) is 3.55. The van der Waals surface area contributed by atoms with Crippen LogP contribution in [0.5, 0.6) is 0 Å². The fourth-order valence-corrected chi connectivity index (χ4v) is 3.56. The lowest BCUT2D eigenvalue weighted by Gasteiger charge is -2.13. The minimum atomic E-state index is -3.75. The molecule has 0 bridgehead atoms.